The van der Waals surface area contributed by atoms with Crippen molar-refractivity contribution in [3.05, 3.63) is 64.9 Å². The third-order valence-corrected chi connectivity index (χ3v) is 5.14. The van der Waals surface area contributed by atoms with Crippen molar-refractivity contribution in [1.29, 1.82) is 0 Å². The molecule has 2 aromatic rings. The van der Waals surface area contributed by atoms with Gasteiger partial charge in [0.05, 0.1) is 5.75 Å². The van der Waals surface area contributed by atoms with Gasteiger partial charge in [0.15, 0.2) is 0 Å². The van der Waals surface area contributed by atoms with Gasteiger partial charge in [-0.3, -0.25) is 9.59 Å². The van der Waals surface area contributed by atoms with Crippen molar-refractivity contribution < 1.29 is 14.0 Å². The molecule has 0 aliphatic carbocycles. The second-order valence-electron chi connectivity index (χ2n) is 5.65. The van der Waals surface area contributed by atoms with Crippen LogP contribution in [0.15, 0.2) is 53.4 Å². The molecular weight excluding hydrogens is 375 g/mol. The van der Waals surface area contributed by atoms with Gasteiger partial charge < -0.3 is 10.2 Å². The molecular formula is C19H20ClFN2O2S. The minimum absolute atomic E-state index is 0.0290. The van der Waals surface area contributed by atoms with Crippen molar-refractivity contribution in [3.63, 3.8) is 0 Å². The lowest BCUT2D eigenvalue weighted by Gasteiger charge is -2.28. The lowest BCUT2D eigenvalue weighted by atomic mass is 10.1. The number of likely N-dealkylation sites (N-methyl/N-ethyl adjacent to an activating group) is 1. The lowest BCUT2D eigenvalue weighted by Crippen LogP contribution is -2.47. The Morgan fingerprint density at radius 1 is 1.19 bits per heavy atom. The van der Waals surface area contributed by atoms with Crippen molar-refractivity contribution in [2.75, 3.05) is 12.8 Å². The molecule has 0 fully saturated rings. The van der Waals surface area contributed by atoms with Crippen LogP contribution in [0.25, 0.3) is 0 Å². The third kappa shape index (κ3) is 5.47. The maximum atomic E-state index is 14.0. The molecule has 0 bridgehead atoms. The Balaban J connectivity index is 2.13. The molecule has 1 unspecified atom stereocenters. The number of benzene rings is 2. The van der Waals surface area contributed by atoms with Crippen LogP contribution in [0.5, 0.6) is 0 Å². The molecule has 0 aliphatic heterocycles. The molecule has 0 aliphatic rings. The zero-order valence-electron chi connectivity index (χ0n) is 14.5. The molecule has 0 saturated heterocycles. The number of thioether (sulfide) groups is 1. The van der Waals surface area contributed by atoms with Crippen LogP contribution in [-0.4, -0.2) is 35.6 Å². The molecule has 2 aromatic carbocycles. The van der Waals surface area contributed by atoms with Gasteiger partial charge >= 0.3 is 0 Å². The Bertz CT molecular complexity index is 770. The summed E-state index contributed by atoms with van der Waals surface area (Å²) in [7, 11) is 1.51. The number of carbonyl (C=O) groups excluding carboxylic acids is 2. The van der Waals surface area contributed by atoms with E-state index in [1.807, 2.05) is 12.1 Å². The summed E-state index contributed by atoms with van der Waals surface area (Å²) >= 11 is 7.20. The van der Waals surface area contributed by atoms with E-state index in [9.17, 15) is 14.0 Å². The molecule has 4 nitrogen and oxygen atoms in total. The molecule has 2 amide bonds. The van der Waals surface area contributed by atoms with E-state index >= 15 is 0 Å². The second-order valence-corrected chi connectivity index (χ2v) is 7.13. The largest absolute Gasteiger partial charge is 0.357 e. The highest BCUT2D eigenvalue weighted by Gasteiger charge is 2.26. The van der Waals surface area contributed by atoms with Gasteiger partial charge in [0.25, 0.3) is 0 Å². The molecule has 1 N–H and O–H groups in total. The van der Waals surface area contributed by atoms with Gasteiger partial charge in [-0.1, -0.05) is 29.8 Å². The molecule has 0 saturated carbocycles. The first-order valence-corrected chi connectivity index (χ1v) is 9.41. The van der Waals surface area contributed by atoms with Crippen LogP contribution >= 0.6 is 23.4 Å². The van der Waals surface area contributed by atoms with Gasteiger partial charge in [-0.15, -0.1) is 11.8 Å². The number of hydrogen-bond donors (Lipinski definition) is 1. The van der Waals surface area contributed by atoms with Gasteiger partial charge in [-0.05, 0) is 37.3 Å². The lowest BCUT2D eigenvalue weighted by molar-refractivity contribution is -0.138. The number of carbonyl (C=O) groups is 2. The minimum atomic E-state index is -0.710. The highest BCUT2D eigenvalue weighted by Crippen LogP contribution is 2.22. The second kappa shape index (κ2) is 9.59. The Morgan fingerprint density at radius 2 is 1.85 bits per heavy atom. The predicted molar refractivity (Wildman–Crippen MR) is 103 cm³/mol. The number of hydrogen-bond acceptors (Lipinski definition) is 3. The maximum Gasteiger partial charge on any atom is 0.242 e. The fourth-order valence-electron chi connectivity index (χ4n) is 2.36. The number of nitrogens with one attached hydrogen (secondary N) is 1. The average Bonchev–Trinajstić information content (AvgIpc) is 2.65. The SMILES string of the molecule is CNC(=O)C(C)N(Cc1ccccc1F)C(=O)CSc1ccc(Cl)cc1. The van der Waals surface area contributed by atoms with Crippen molar-refractivity contribution in [2.45, 2.75) is 24.4 Å². The smallest absolute Gasteiger partial charge is 0.242 e. The molecule has 0 aromatic heterocycles. The topological polar surface area (TPSA) is 49.4 Å². The summed E-state index contributed by atoms with van der Waals surface area (Å²) < 4.78 is 14.0. The number of nitrogens with zero attached hydrogens (tertiary/aromatic N) is 1. The van der Waals surface area contributed by atoms with Crippen LogP contribution in [0.3, 0.4) is 0 Å². The zero-order chi connectivity index (χ0) is 19.1. The highest BCUT2D eigenvalue weighted by atomic mass is 35.5. The van der Waals surface area contributed by atoms with Gasteiger partial charge in [-0.25, -0.2) is 4.39 Å². The first kappa shape index (κ1) is 20.3. The maximum absolute atomic E-state index is 14.0. The molecule has 7 heteroatoms. The Morgan fingerprint density at radius 3 is 2.46 bits per heavy atom. The molecule has 26 heavy (non-hydrogen) atoms. The minimum Gasteiger partial charge on any atom is -0.357 e. The van der Waals surface area contributed by atoms with Crippen molar-refractivity contribution in [2.24, 2.45) is 0 Å². The van der Waals surface area contributed by atoms with Crippen LogP contribution < -0.4 is 5.32 Å². The highest BCUT2D eigenvalue weighted by molar-refractivity contribution is 8.00. The molecule has 2 rings (SSSR count). The first-order chi connectivity index (χ1) is 12.4. The van der Waals surface area contributed by atoms with Crippen LogP contribution in [-0.2, 0) is 16.1 Å². The van der Waals surface area contributed by atoms with E-state index in [4.69, 9.17) is 11.6 Å². The fraction of sp³-hybridized carbons (Fsp3) is 0.263. The summed E-state index contributed by atoms with van der Waals surface area (Å²) in [5, 5.41) is 3.15. The van der Waals surface area contributed by atoms with Crippen molar-refractivity contribution in [3.8, 4) is 0 Å². The summed E-state index contributed by atoms with van der Waals surface area (Å²) in [5.74, 6) is -0.813. The van der Waals surface area contributed by atoms with Crippen LogP contribution in [0.4, 0.5) is 4.39 Å². The van der Waals surface area contributed by atoms with Crippen LogP contribution in [0.1, 0.15) is 12.5 Å². The first-order valence-electron chi connectivity index (χ1n) is 8.05. The Labute approximate surface area is 161 Å². The zero-order valence-corrected chi connectivity index (χ0v) is 16.1. The third-order valence-electron chi connectivity index (χ3n) is 3.89. The monoisotopic (exact) mass is 394 g/mol. The Kier molecular flexibility index (Phi) is 7.48. The summed E-state index contributed by atoms with van der Waals surface area (Å²) in [6.45, 7) is 1.66. The Hall–Kier alpha value is -2.05. The summed E-state index contributed by atoms with van der Waals surface area (Å²) in [4.78, 5) is 27.0. The van der Waals surface area contributed by atoms with Crippen molar-refractivity contribution >= 4 is 35.2 Å². The van der Waals surface area contributed by atoms with E-state index in [2.05, 4.69) is 5.32 Å². The number of halogens is 2. The average molecular weight is 395 g/mol. The van der Waals surface area contributed by atoms with E-state index in [1.165, 1.54) is 29.8 Å². The summed E-state index contributed by atoms with van der Waals surface area (Å²) in [6, 6.07) is 12.7. The van der Waals surface area contributed by atoms with Crippen molar-refractivity contribution in [1.82, 2.24) is 10.2 Å². The van der Waals surface area contributed by atoms with E-state index < -0.39 is 11.9 Å². The molecule has 0 spiro atoms. The fourth-order valence-corrected chi connectivity index (χ4v) is 3.27. The van der Waals surface area contributed by atoms with Crippen LogP contribution in [0, 0.1) is 5.82 Å². The predicted octanol–water partition coefficient (Wildman–Crippen LogP) is 3.73. The molecule has 1 atom stereocenters. The quantitative estimate of drug-likeness (QED) is 0.728. The number of amides is 2. The van der Waals surface area contributed by atoms with E-state index in [0.29, 0.717) is 10.6 Å². The summed E-state index contributed by atoms with van der Waals surface area (Å²) in [5.41, 5.74) is 0.369. The van der Waals surface area contributed by atoms with Gasteiger partial charge in [0, 0.05) is 29.1 Å². The van der Waals surface area contributed by atoms with E-state index in [1.54, 1.807) is 37.3 Å². The van der Waals surface area contributed by atoms with Crippen LogP contribution in [0.2, 0.25) is 5.02 Å². The molecule has 0 radical (unpaired) electrons. The number of rotatable bonds is 7. The standard InChI is InChI=1S/C19H20ClFN2O2S/c1-13(19(25)22-2)23(11-14-5-3-4-6-17(14)21)18(24)12-26-16-9-7-15(20)8-10-16/h3-10,13H,11-12H2,1-2H3,(H,22,25). The van der Waals surface area contributed by atoms with Gasteiger partial charge in [0.2, 0.25) is 11.8 Å². The normalized spacial score (nSPS) is 11.7. The molecule has 138 valence electrons. The van der Waals surface area contributed by atoms with E-state index in [-0.39, 0.29) is 24.1 Å². The molecule has 0 heterocycles. The van der Waals surface area contributed by atoms with E-state index in [0.717, 1.165) is 4.90 Å². The van der Waals surface area contributed by atoms with Gasteiger partial charge in [-0.2, -0.15) is 0 Å². The summed E-state index contributed by atoms with van der Waals surface area (Å²) in [6.07, 6.45) is 0. The van der Waals surface area contributed by atoms with Gasteiger partial charge in [0.1, 0.15) is 11.9 Å².